The van der Waals surface area contributed by atoms with Gasteiger partial charge in [-0.2, -0.15) is 20.2 Å². The molecule has 2 aromatic carbocycles. The van der Waals surface area contributed by atoms with Gasteiger partial charge in [-0.15, -0.1) is 0 Å². The second kappa shape index (κ2) is 14.4. The number of rotatable bonds is 12. The van der Waals surface area contributed by atoms with Crippen LogP contribution < -0.4 is 26.2 Å². The molecule has 2 aromatic rings. The topological polar surface area (TPSA) is 174 Å². The number of benzene rings is 2. The highest BCUT2D eigenvalue weighted by atomic mass is 32.2. The monoisotopic (exact) mass is 653 g/mol. The van der Waals surface area contributed by atoms with Gasteiger partial charge in [0.05, 0.1) is 24.3 Å². The smallest absolute Gasteiger partial charge is 0.315 e. The predicted molar refractivity (Wildman–Crippen MR) is 170 cm³/mol. The summed E-state index contributed by atoms with van der Waals surface area (Å²) in [5.41, 5.74) is 2.98. The zero-order valence-corrected chi connectivity index (χ0v) is 26.1. The fraction of sp³-hybridized carbons (Fsp3) is 0.419. The molecule has 2 saturated heterocycles. The molecule has 12 nitrogen and oxygen atoms in total. The summed E-state index contributed by atoms with van der Waals surface area (Å²) in [5.74, 6) is 5.33. The van der Waals surface area contributed by atoms with Crippen LogP contribution in [0.15, 0.2) is 48.5 Å². The van der Waals surface area contributed by atoms with Crippen molar-refractivity contribution in [2.45, 2.75) is 61.2 Å². The third-order valence-electron chi connectivity index (χ3n) is 8.03. The maximum absolute atomic E-state index is 13.4. The minimum absolute atomic E-state index is 0.0800. The van der Waals surface area contributed by atoms with Gasteiger partial charge in [-0.3, -0.25) is 18.9 Å². The average molecular weight is 654 g/mol. The van der Waals surface area contributed by atoms with Crippen LogP contribution in [0, 0.1) is 11.8 Å². The highest BCUT2D eigenvalue weighted by Gasteiger charge is 2.42. The molecule has 5 N–H and O–H groups in total. The molecule has 3 heterocycles. The minimum Gasteiger partial charge on any atom is -0.354 e. The number of carbonyl (C=O) groups excluding carboxylic acids is 4. The first-order valence-electron chi connectivity index (χ1n) is 14.8. The SMILES string of the molecule is O=C(CCCCC1SCC2NC(=O)NC21)NCC(C(=O)NCCC(=O)N1Cc2ccccc2C#Cc2ccccc21)S(=O)(=O)O. The number of anilines is 1. The zero-order valence-electron chi connectivity index (χ0n) is 24.5. The highest BCUT2D eigenvalue weighted by molar-refractivity contribution is 8.00. The molecule has 3 aliphatic rings. The highest BCUT2D eigenvalue weighted by Crippen LogP contribution is 2.33. The first-order valence-corrected chi connectivity index (χ1v) is 17.3. The van der Waals surface area contributed by atoms with Crippen LogP contribution in [0.2, 0.25) is 0 Å². The van der Waals surface area contributed by atoms with Crippen LogP contribution >= 0.6 is 11.8 Å². The van der Waals surface area contributed by atoms with Gasteiger partial charge in [0, 0.05) is 48.1 Å². The fourth-order valence-electron chi connectivity index (χ4n) is 5.65. The first kappa shape index (κ1) is 32.3. The van der Waals surface area contributed by atoms with Crippen LogP contribution in [0.5, 0.6) is 0 Å². The van der Waals surface area contributed by atoms with Crippen molar-refractivity contribution in [2.24, 2.45) is 0 Å². The van der Waals surface area contributed by atoms with Gasteiger partial charge < -0.3 is 26.2 Å². The molecule has 0 aliphatic carbocycles. The summed E-state index contributed by atoms with van der Waals surface area (Å²) < 4.78 is 33.7. The number of nitrogens with zero attached hydrogens (tertiary/aromatic N) is 1. The summed E-state index contributed by atoms with van der Waals surface area (Å²) >= 11 is 1.78. The van der Waals surface area contributed by atoms with Gasteiger partial charge in [-0.25, -0.2) is 4.79 Å². The summed E-state index contributed by atoms with van der Waals surface area (Å²) in [5, 5.41) is 9.00. The maximum Gasteiger partial charge on any atom is 0.315 e. The number of urea groups is 1. The van der Waals surface area contributed by atoms with Crippen molar-refractivity contribution in [1.82, 2.24) is 21.3 Å². The molecule has 0 bridgehead atoms. The Morgan fingerprint density at radius 2 is 1.73 bits per heavy atom. The molecule has 0 radical (unpaired) electrons. The van der Waals surface area contributed by atoms with Crippen molar-refractivity contribution >= 4 is 51.3 Å². The molecule has 45 heavy (non-hydrogen) atoms. The minimum atomic E-state index is -4.84. The molecule has 0 saturated carbocycles. The number of unbranched alkanes of at least 4 members (excludes halogenated alkanes) is 1. The zero-order chi connectivity index (χ0) is 32.0. The van der Waals surface area contributed by atoms with Gasteiger partial charge in [0.15, 0.2) is 5.25 Å². The number of carbonyl (C=O) groups is 4. The number of hydrogen-bond acceptors (Lipinski definition) is 7. The van der Waals surface area contributed by atoms with Crippen molar-refractivity contribution in [3.05, 3.63) is 65.2 Å². The van der Waals surface area contributed by atoms with E-state index in [1.807, 2.05) is 36.4 Å². The van der Waals surface area contributed by atoms with Gasteiger partial charge in [0.1, 0.15) is 0 Å². The van der Waals surface area contributed by atoms with E-state index in [2.05, 4.69) is 33.1 Å². The number of nitrogens with one attached hydrogen (secondary N) is 4. The summed E-state index contributed by atoms with van der Waals surface area (Å²) in [6, 6.07) is 14.8. The Bertz CT molecular complexity index is 1640. The van der Waals surface area contributed by atoms with Crippen LogP contribution in [-0.4, -0.2) is 78.1 Å². The van der Waals surface area contributed by atoms with Crippen LogP contribution in [-0.2, 0) is 31.0 Å². The molecule has 2 fully saturated rings. The van der Waals surface area contributed by atoms with E-state index >= 15 is 0 Å². The number of para-hydroxylation sites is 1. The van der Waals surface area contributed by atoms with E-state index in [0.29, 0.717) is 17.7 Å². The molecular formula is C31H35N5O7S2. The lowest BCUT2D eigenvalue weighted by Crippen LogP contribution is -2.47. The quantitative estimate of drug-likeness (QED) is 0.0993. The van der Waals surface area contributed by atoms with E-state index in [1.54, 1.807) is 28.8 Å². The van der Waals surface area contributed by atoms with Crippen molar-refractivity contribution in [2.75, 3.05) is 23.7 Å². The molecule has 4 unspecified atom stereocenters. The number of amides is 5. The van der Waals surface area contributed by atoms with E-state index in [4.69, 9.17) is 0 Å². The van der Waals surface area contributed by atoms with Gasteiger partial charge in [0.25, 0.3) is 10.1 Å². The maximum atomic E-state index is 13.4. The van der Waals surface area contributed by atoms with Crippen LogP contribution in [0.25, 0.3) is 0 Å². The van der Waals surface area contributed by atoms with E-state index in [9.17, 15) is 32.1 Å². The first-order chi connectivity index (χ1) is 21.6. The Hall–Kier alpha value is -4.06. The predicted octanol–water partition coefficient (Wildman–Crippen LogP) is 1.54. The van der Waals surface area contributed by atoms with E-state index in [1.165, 1.54) is 0 Å². The van der Waals surface area contributed by atoms with E-state index in [-0.39, 0.29) is 55.2 Å². The normalized spacial score (nSPS) is 20.5. The summed E-state index contributed by atoms with van der Waals surface area (Å²) in [6.45, 7) is -0.518. The molecule has 14 heteroatoms. The number of fused-ring (bicyclic) bond motifs is 3. The van der Waals surface area contributed by atoms with E-state index in [0.717, 1.165) is 29.7 Å². The van der Waals surface area contributed by atoms with E-state index < -0.39 is 33.7 Å². The molecule has 0 spiro atoms. The molecule has 0 aromatic heterocycles. The summed E-state index contributed by atoms with van der Waals surface area (Å²) in [6.07, 6.45) is 2.08. The Labute approximate surface area is 266 Å². The molecular weight excluding hydrogens is 619 g/mol. The number of thioether (sulfide) groups is 1. The lowest BCUT2D eigenvalue weighted by Gasteiger charge is -2.26. The molecule has 5 amide bonds. The van der Waals surface area contributed by atoms with Gasteiger partial charge in [-0.05, 0) is 36.6 Å². The van der Waals surface area contributed by atoms with Crippen molar-refractivity contribution in [1.29, 1.82) is 0 Å². The fourth-order valence-corrected chi connectivity index (χ4v) is 7.84. The van der Waals surface area contributed by atoms with Gasteiger partial charge in [-0.1, -0.05) is 48.6 Å². The molecule has 4 atom stereocenters. The van der Waals surface area contributed by atoms with Gasteiger partial charge >= 0.3 is 6.03 Å². The van der Waals surface area contributed by atoms with Gasteiger partial charge in [0.2, 0.25) is 17.7 Å². The third kappa shape index (κ3) is 8.16. The van der Waals surface area contributed by atoms with Crippen LogP contribution in [0.1, 0.15) is 48.8 Å². The Kier molecular flexibility index (Phi) is 10.3. The molecule has 3 aliphatic heterocycles. The van der Waals surface area contributed by atoms with Crippen molar-refractivity contribution in [3.63, 3.8) is 0 Å². The average Bonchev–Trinajstić information content (AvgIpc) is 3.55. The Balaban J connectivity index is 1.09. The lowest BCUT2D eigenvalue weighted by molar-refractivity contribution is -0.122. The van der Waals surface area contributed by atoms with Crippen LogP contribution in [0.3, 0.4) is 0 Å². The second-order valence-corrected chi connectivity index (χ2v) is 14.0. The van der Waals surface area contributed by atoms with Crippen LogP contribution in [0.4, 0.5) is 10.5 Å². The third-order valence-corrected chi connectivity index (χ3v) is 10.6. The second-order valence-electron chi connectivity index (χ2n) is 11.1. The summed E-state index contributed by atoms with van der Waals surface area (Å²) in [7, 11) is -4.84. The summed E-state index contributed by atoms with van der Waals surface area (Å²) in [4.78, 5) is 51.6. The van der Waals surface area contributed by atoms with Crippen molar-refractivity contribution in [3.8, 4) is 11.8 Å². The van der Waals surface area contributed by atoms with Crippen molar-refractivity contribution < 1.29 is 32.1 Å². The largest absolute Gasteiger partial charge is 0.354 e. The standard InChI is InChI=1S/C31H35N5O7S2/c37-27(12-6-5-11-25-29-23(19-44-25)34-31(40)35-29)33-17-26(45(41,42)43)30(39)32-16-15-28(38)36-18-22-9-2-1-7-20(22)13-14-21-8-3-4-10-24(21)36/h1-4,7-10,23,25-26,29H,5-6,11-12,15-19H2,(H,32,39)(H,33,37)(H2,34,35,40)(H,41,42,43). The Morgan fingerprint density at radius 1 is 1.00 bits per heavy atom. The molecule has 238 valence electrons. The Morgan fingerprint density at radius 3 is 2.53 bits per heavy atom. The number of hydrogen-bond donors (Lipinski definition) is 5. The molecule has 5 rings (SSSR count). The lowest BCUT2D eigenvalue weighted by atomic mass is 10.0.